The number of hydrogen-bond donors (Lipinski definition) is 3. The van der Waals surface area contributed by atoms with Crippen molar-refractivity contribution in [1.82, 2.24) is 24.5 Å². The van der Waals surface area contributed by atoms with Crippen LogP contribution in [-0.4, -0.2) is 111 Å². The van der Waals surface area contributed by atoms with Crippen molar-refractivity contribution >= 4 is 44.0 Å². The summed E-state index contributed by atoms with van der Waals surface area (Å²) in [7, 11) is -2.59. The summed E-state index contributed by atoms with van der Waals surface area (Å²) in [5, 5.41) is 15.9. The summed E-state index contributed by atoms with van der Waals surface area (Å²) in [6.45, 7) is 13.9. The maximum Gasteiger partial charge on any atom is 0.293 e. The van der Waals surface area contributed by atoms with Crippen LogP contribution >= 0.6 is 0 Å². The van der Waals surface area contributed by atoms with Gasteiger partial charge in [0.2, 0.25) is 0 Å². The van der Waals surface area contributed by atoms with E-state index in [1.54, 1.807) is 41.7 Å². The Kier molecular flexibility index (Phi) is 10.6. The fraction of sp³-hybridized carbons (Fsp3) is 0.511. The number of nitrogens with one attached hydrogen (secondary N) is 3. The minimum atomic E-state index is -4.56. The van der Waals surface area contributed by atoms with Gasteiger partial charge < -0.3 is 29.6 Å². The Bertz CT molecular complexity index is 2490. The molecule has 10 rings (SSSR count). The number of ether oxygens (including phenoxy) is 2. The third-order valence-electron chi connectivity index (χ3n) is 13.7. The first-order chi connectivity index (χ1) is 29.1. The highest BCUT2D eigenvalue weighted by Gasteiger charge is 2.66. The monoisotopic (exact) mass is 852 g/mol. The molecule has 2 aromatic carbocycles. The van der Waals surface area contributed by atoms with E-state index < -0.39 is 31.4 Å². The first-order valence-electron chi connectivity index (χ1n) is 21.4. The van der Waals surface area contributed by atoms with Crippen molar-refractivity contribution in [2.45, 2.75) is 70.3 Å². The smallest absolute Gasteiger partial charge is 0.293 e. The molecule has 2 aromatic heterocycles. The number of amides is 1. The molecular weight excluding hydrogens is 797 g/mol. The van der Waals surface area contributed by atoms with E-state index in [0.29, 0.717) is 47.3 Å². The highest BCUT2D eigenvalue weighted by Crippen LogP contribution is 2.77. The Morgan fingerprint density at radius 2 is 1.84 bits per heavy atom. The standard InChI is InChI=1S/C45H56N8O7S/c1-43(2)11-9-31(37(22-43)45-27-44(3,28-45)29-45)25-51-13-15-52(16-14-51)32-5-7-36(40(20-32)60-33-19-30-10-12-46-41(30)48-23-33)42(54)49-61(57,58)35-6-8-38(39(21-35)53(55)56)47-24-34-26-50(4)17-18-59-34/h5-8,10,12,19-21,23,34,47H,9,11,13-18,22,24-29H2,1-4H3,(H,46,48)(H,49,54)/t34-,44?,45?/m1/s1. The first kappa shape index (κ1) is 41.3. The van der Waals surface area contributed by atoms with E-state index in [4.69, 9.17) is 9.47 Å². The van der Waals surface area contributed by atoms with E-state index in [9.17, 15) is 23.3 Å². The number of H-pyrrole nitrogens is 1. The molecule has 5 fully saturated rings. The average Bonchev–Trinajstić information content (AvgIpc) is 3.67. The lowest BCUT2D eigenvalue weighted by molar-refractivity contribution is -0.384. The number of piperazine rings is 1. The molecule has 0 spiro atoms. The number of aromatic amines is 1. The van der Waals surface area contributed by atoms with Crippen LogP contribution in [0, 0.1) is 26.4 Å². The molecule has 6 aliphatic rings. The van der Waals surface area contributed by atoms with Gasteiger partial charge in [0.25, 0.3) is 21.6 Å². The number of allylic oxidation sites excluding steroid dienone is 1. The molecule has 2 aliphatic heterocycles. The number of nitrogens with zero attached hydrogens (tertiary/aromatic N) is 5. The van der Waals surface area contributed by atoms with E-state index in [2.05, 4.69) is 55.5 Å². The number of morpholine rings is 1. The zero-order chi connectivity index (χ0) is 42.7. The molecule has 61 heavy (non-hydrogen) atoms. The maximum absolute atomic E-state index is 13.9. The van der Waals surface area contributed by atoms with Crippen LogP contribution in [0.1, 0.15) is 69.7 Å². The number of fused-ring (bicyclic) bond motifs is 1. The SMILES string of the molecule is CN1CCO[C@H](CNc2ccc(S(=O)(=O)NC(=O)c3ccc(N4CCN(CC5=C(C67CC(C)(C6)C7)CC(C)(C)CC5)CC4)cc3Oc3cnc4[nH]ccc4c3)cc2[N+](=O)[O-])C1. The topological polar surface area (TPSA) is 175 Å². The minimum Gasteiger partial charge on any atom is -0.455 e. The van der Waals surface area contributed by atoms with Crippen LogP contribution in [0.15, 0.2) is 77.0 Å². The second-order valence-corrected chi connectivity index (χ2v) is 20.9. The first-order valence-corrected chi connectivity index (χ1v) is 22.9. The number of aromatic nitrogens is 2. The van der Waals surface area contributed by atoms with Gasteiger partial charge in [-0.25, -0.2) is 18.1 Å². The van der Waals surface area contributed by atoms with Crippen LogP contribution < -0.4 is 19.7 Å². The maximum atomic E-state index is 13.9. The predicted molar refractivity (Wildman–Crippen MR) is 234 cm³/mol. The Hall–Kier alpha value is -5.03. The van der Waals surface area contributed by atoms with Gasteiger partial charge in [0.1, 0.15) is 22.8 Å². The van der Waals surface area contributed by atoms with Gasteiger partial charge in [-0.1, -0.05) is 31.9 Å². The summed E-state index contributed by atoms with van der Waals surface area (Å²) in [5.41, 5.74) is 6.02. The van der Waals surface area contributed by atoms with Crippen LogP contribution in [0.25, 0.3) is 11.0 Å². The van der Waals surface area contributed by atoms with Crippen molar-refractivity contribution in [3.05, 3.63) is 87.7 Å². The highest BCUT2D eigenvalue weighted by molar-refractivity contribution is 7.90. The molecule has 2 bridgehead atoms. The summed E-state index contributed by atoms with van der Waals surface area (Å²) in [6, 6.07) is 12.3. The number of nitro benzene ring substituents is 1. The molecule has 324 valence electrons. The van der Waals surface area contributed by atoms with Crippen molar-refractivity contribution in [2.75, 3.05) is 76.2 Å². The van der Waals surface area contributed by atoms with E-state index >= 15 is 0 Å². The van der Waals surface area contributed by atoms with E-state index in [0.717, 1.165) is 56.4 Å². The predicted octanol–water partition coefficient (Wildman–Crippen LogP) is 6.94. The molecule has 16 heteroatoms. The molecule has 2 saturated heterocycles. The van der Waals surface area contributed by atoms with E-state index in [1.807, 2.05) is 19.2 Å². The molecule has 0 unspecified atom stereocenters. The van der Waals surface area contributed by atoms with Crippen LogP contribution in [0.5, 0.6) is 11.5 Å². The summed E-state index contributed by atoms with van der Waals surface area (Å²) in [4.78, 5) is 39.4. The quantitative estimate of drug-likeness (QED) is 0.0719. The minimum absolute atomic E-state index is 0.0208. The lowest BCUT2D eigenvalue weighted by Crippen LogP contribution is -2.61. The number of sulfonamides is 1. The van der Waals surface area contributed by atoms with Crippen molar-refractivity contribution in [3.8, 4) is 11.5 Å². The molecule has 4 aromatic rings. The zero-order valence-corrected chi connectivity index (χ0v) is 36.3. The van der Waals surface area contributed by atoms with Gasteiger partial charge in [-0.15, -0.1) is 0 Å². The fourth-order valence-electron chi connectivity index (χ4n) is 10.6. The van der Waals surface area contributed by atoms with Crippen LogP contribution in [0.4, 0.5) is 17.1 Å². The Morgan fingerprint density at radius 1 is 1.05 bits per heavy atom. The third-order valence-corrected chi connectivity index (χ3v) is 15.0. The lowest BCUT2D eigenvalue weighted by atomic mass is 9.33. The largest absolute Gasteiger partial charge is 0.455 e. The Labute approximate surface area is 357 Å². The fourth-order valence-corrected chi connectivity index (χ4v) is 11.6. The number of carbonyl (C=O) groups is 1. The van der Waals surface area contributed by atoms with Crippen molar-refractivity contribution in [1.29, 1.82) is 0 Å². The number of pyridine rings is 1. The second-order valence-electron chi connectivity index (χ2n) is 19.2. The summed E-state index contributed by atoms with van der Waals surface area (Å²) >= 11 is 0. The van der Waals surface area contributed by atoms with Gasteiger partial charge in [0, 0.05) is 81.8 Å². The third kappa shape index (κ3) is 8.47. The normalized spacial score (nSPS) is 25.4. The number of likely N-dealkylation sites (N-methyl/N-ethyl adjacent to an activating group) is 1. The Balaban J connectivity index is 0.919. The summed E-state index contributed by atoms with van der Waals surface area (Å²) in [6.07, 6.45) is 10.8. The molecular formula is C45H56N8O7S. The lowest BCUT2D eigenvalue weighted by Gasteiger charge is -2.72. The number of carbonyl (C=O) groups excluding carboxylic acids is 1. The number of nitro groups is 1. The van der Waals surface area contributed by atoms with Gasteiger partial charge in [0.05, 0.1) is 34.3 Å². The zero-order valence-electron chi connectivity index (χ0n) is 35.5. The Morgan fingerprint density at radius 3 is 2.57 bits per heavy atom. The van der Waals surface area contributed by atoms with Gasteiger partial charge in [-0.05, 0) is 98.2 Å². The molecule has 15 nitrogen and oxygen atoms in total. The number of rotatable bonds is 13. The van der Waals surface area contributed by atoms with E-state index in [1.165, 1.54) is 50.7 Å². The molecule has 1 atom stereocenters. The number of anilines is 2. The van der Waals surface area contributed by atoms with Gasteiger partial charge in [-0.2, -0.15) is 0 Å². The van der Waals surface area contributed by atoms with Gasteiger partial charge in [0.15, 0.2) is 0 Å². The molecule has 4 heterocycles. The van der Waals surface area contributed by atoms with Crippen molar-refractivity contribution in [3.63, 3.8) is 0 Å². The number of benzene rings is 2. The summed E-state index contributed by atoms with van der Waals surface area (Å²) < 4.78 is 41.6. The summed E-state index contributed by atoms with van der Waals surface area (Å²) in [5.74, 6) is -0.424. The number of hydrogen-bond acceptors (Lipinski definition) is 12. The van der Waals surface area contributed by atoms with Crippen molar-refractivity contribution < 1.29 is 27.6 Å². The molecule has 3 saturated carbocycles. The highest BCUT2D eigenvalue weighted by atomic mass is 32.2. The van der Waals surface area contributed by atoms with Crippen molar-refractivity contribution in [2.24, 2.45) is 16.2 Å². The average molecular weight is 853 g/mol. The molecule has 4 aliphatic carbocycles. The molecule has 3 N–H and O–H groups in total. The van der Waals surface area contributed by atoms with Crippen LogP contribution in [0.2, 0.25) is 0 Å². The van der Waals surface area contributed by atoms with Gasteiger partial charge in [-0.3, -0.25) is 19.8 Å². The van der Waals surface area contributed by atoms with Crippen LogP contribution in [-0.2, 0) is 14.8 Å². The second kappa shape index (κ2) is 15.7. The molecule has 0 radical (unpaired) electrons. The van der Waals surface area contributed by atoms with Gasteiger partial charge >= 0.3 is 0 Å². The van der Waals surface area contributed by atoms with E-state index in [-0.39, 0.29) is 23.1 Å². The van der Waals surface area contributed by atoms with Crippen LogP contribution in [0.3, 0.4) is 0 Å². The molecule has 1 amide bonds.